The van der Waals surface area contributed by atoms with Gasteiger partial charge in [-0.25, -0.2) is 4.79 Å². The number of carbonyl (C=O) groups is 11. The van der Waals surface area contributed by atoms with Gasteiger partial charge >= 0.3 is 11.9 Å². The predicted octanol–water partition coefficient (Wildman–Crippen LogP) is -3.29. The van der Waals surface area contributed by atoms with Crippen LogP contribution in [0.3, 0.4) is 0 Å². The number of primary amides is 1. The number of carbonyl (C=O) groups excluding carboxylic acids is 9. The van der Waals surface area contributed by atoms with Gasteiger partial charge in [-0.05, 0) is 69.2 Å². The Hall–Kier alpha value is -5.91. The predicted molar refractivity (Wildman–Crippen MR) is 234 cm³/mol. The first-order valence-electron chi connectivity index (χ1n) is 22.5. The number of hydrogen-bond acceptors (Lipinski definition) is 13. The highest BCUT2D eigenvalue weighted by Crippen LogP contribution is 2.20. The van der Waals surface area contributed by atoms with Crippen LogP contribution in [-0.4, -0.2) is 160 Å². The van der Waals surface area contributed by atoms with Crippen LogP contribution in [0.5, 0.6) is 0 Å². The van der Waals surface area contributed by atoms with Crippen LogP contribution in [0.1, 0.15) is 106 Å². The number of aliphatic hydroxyl groups is 1. The van der Waals surface area contributed by atoms with Crippen LogP contribution in [0.4, 0.5) is 0 Å². The zero-order valence-electron chi connectivity index (χ0n) is 38.6. The molecule has 0 spiro atoms. The third-order valence-electron chi connectivity index (χ3n) is 11.2. The van der Waals surface area contributed by atoms with E-state index in [1.54, 1.807) is 34.6 Å². The van der Waals surface area contributed by atoms with Gasteiger partial charge in [-0.1, -0.05) is 48.0 Å². The molecule has 2 heterocycles. The van der Waals surface area contributed by atoms with Gasteiger partial charge in [0.1, 0.15) is 42.3 Å². The minimum atomic E-state index is -1.83. The van der Waals surface area contributed by atoms with Crippen LogP contribution in [0.2, 0.25) is 0 Å². The molecule has 0 radical (unpaired) electrons. The maximum absolute atomic E-state index is 13.8. The van der Waals surface area contributed by atoms with Crippen LogP contribution < -0.4 is 48.3 Å². The minimum absolute atomic E-state index is 0.00244. The Labute approximate surface area is 383 Å². The van der Waals surface area contributed by atoms with Gasteiger partial charge in [-0.3, -0.25) is 47.9 Å². The Morgan fingerprint density at radius 2 is 1.29 bits per heavy atom. The van der Waals surface area contributed by atoms with Crippen LogP contribution in [0.15, 0.2) is 0 Å². The lowest BCUT2D eigenvalue weighted by molar-refractivity contribution is -0.144. The van der Waals surface area contributed by atoms with Gasteiger partial charge in [-0.2, -0.15) is 0 Å². The van der Waals surface area contributed by atoms with Crippen molar-refractivity contribution in [2.24, 2.45) is 23.5 Å². The third-order valence-corrected chi connectivity index (χ3v) is 11.2. The molecule has 2 saturated heterocycles. The summed E-state index contributed by atoms with van der Waals surface area (Å²) in [5.41, 5.74) is 5.36. The Morgan fingerprint density at radius 1 is 0.697 bits per heavy atom. The monoisotopic (exact) mass is 939 g/mol. The molecule has 9 atom stereocenters. The van der Waals surface area contributed by atoms with E-state index < -0.39 is 140 Å². The number of aliphatic hydroxyl groups excluding tert-OH is 1. The fraction of sp³-hybridized carbons (Fsp3) is 0.738. The number of nitrogens with one attached hydrogen (secondary N) is 8. The second-order valence-corrected chi connectivity index (χ2v) is 17.7. The highest BCUT2D eigenvalue weighted by molar-refractivity contribution is 5.99. The summed E-state index contributed by atoms with van der Waals surface area (Å²) >= 11 is 0. The van der Waals surface area contributed by atoms with Crippen LogP contribution >= 0.6 is 0 Å². The average molecular weight is 939 g/mol. The van der Waals surface area contributed by atoms with E-state index in [-0.39, 0.29) is 49.5 Å². The molecule has 24 heteroatoms. The number of amides is 9. The molecule has 9 unspecified atom stereocenters. The number of carboxylic acids is 2. The van der Waals surface area contributed by atoms with Gasteiger partial charge in [0.15, 0.2) is 0 Å². The van der Waals surface area contributed by atoms with Crippen molar-refractivity contribution in [2.75, 3.05) is 26.2 Å². The number of likely N-dealkylation sites (tertiary alicyclic amines) is 1. The Balaban J connectivity index is 2.19. The molecular weight excluding hydrogens is 869 g/mol. The molecule has 2 fully saturated rings. The van der Waals surface area contributed by atoms with E-state index in [9.17, 15) is 68.1 Å². The number of aliphatic carboxylic acids is 2. The van der Waals surface area contributed by atoms with Crippen molar-refractivity contribution in [3.8, 4) is 0 Å². The lowest BCUT2D eigenvalue weighted by Crippen LogP contribution is -2.60. The standard InChI is InChI=1S/C42H70N10O14/c1-7-23(6)34(51-35(58)24-10-8-14-44-24)40(63)45-19-32(55)46-25(12-13-33(56)57)36(59)47-27(18-31(43)54)38(61)50-29(20-53)41(64)52-15-9-11-30(52)39(62)48-26(16-21(2)3)37(60)49-28(42(65)66)17-22(4)5/h21-30,34,44,53H,7-20H2,1-6H3,(H2,43,54)(H,45,63)(H,46,55)(H,47,59)(H,48,62)(H,49,60)(H,50,61)(H,51,58)(H,56,57)(H,65,66). The molecule has 9 amide bonds. The summed E-state index contributed by atoms with van der Waals surface area (Å²) in [6.45, 7) is 9.65. The van der Waals surface area contributed by atoms with Gasteiger partial charge in [-0.15, -0.1) is 0 Å². The largest absolute Gasteiger partial charge is 0.481 e. The molecule has 0 bridgehead atoms. The average Bonchev–Trinajstić information content (AvgIpc) is 3.97. The summed E-state index contributed by atoms with van der Waals surface area (Å²) in [4.78, 5) is 143. The number of rotatable bonds is 28. The van der Waals surface area contributed by atoms with Crippen molar-refractivity contribution >= 4 is 65.1 Å². The van der Waals surface area contributed by atoms with Gasteiger partial charge in [0, 0.05) is 13.0 Å². The number of carboxylic acid groups (broad SMARTS) is 2. The molecule has 0 saturated carbocycles. The van der Waals surface area contributed by atoms with Crippen molar-refractivity contribution in [3.63, 3.8) is 0 Å². The van der Waals surface area contributed by atoms with E-state index >= 15 is 0 Å². The summed E-state index contributed by atoms with van der Waals surface area (Å²) < 4.78 is 0. The summed E-state index contributed by atoms with van der Waals surface area (Å²) in [6.07, 6.45) is 0.570. The zero-order chi connectivity index (χ0) is 49.8. The SMILES string of the molecule is CCC(C)C(NC(=O)C1CCCN1)C(=O)NCC(=O)NC(CCC(=O)O)C(=O)NC(CC(N)=O)C(=O)NC(CO)C(=O)N1CCCC1C(=O)NC(CC(C)C)C(=O)NC(CC(C)C)C(=O)O. The van der Waals surface area contributed by atoms with E-state index in [1.807, 2.05) is 6.92 Å². The second-order valence-electron chi connectivity index (χ2n) is 17.7. The van der Waals surface area contributed by atoms with Gasteiger partial charge in [0.2, 0.25) is 53.2 Å². The molecule has 2 aliphatic rings. The molecule has 0 aromatic rings. The smallest absolute Gasteiger partial charge is 0.326 e. The van der Waals surface area contributed by atoms with Crippen molar-refractivity contribution < 1.29 is 68.1 Å². The van der Waals surface area contributed by atoms with E-state index in [2.05, 4.69) is 42.5 Å². The van der Waals surface area contributed by atoms with Crippen LogP contribution in [-0.2, 0) is 52.7 Å². The first-order valence-corrected chi connectivity index (χ1v) is 22.5. The van der Waals surface area contributed by atoms with Crippen molar-refractivity contribution in [1.29, 1.82) is 0 Å². The number of nitrogens with zero attached hydrogens (tertiary/aromatic N) is 1. The van der Waals surface area contributed by atoms with Gasteiger partial charge in [0.05, 0.1) is 25.6 Å². The maximum Gasteiger partial charge on any atom is 0.326 e. The number of nitrogens with two attached hydrogens (primary N) is 1. The van der Waals surface area contributed by atoms with E-state index in [1.165, 1.54) is 0 Å². The first kappa shape index (κ1) is 56.2. The quantitative estimate of drug-likeness (QED) is 0.0366. The summed E-state index contributed by atoms with van der Waals surface area (Å²) in [5, 5.41) is 49.3. The Bertz CT molecular complexity index is 1760. The van der Waals surface area contributed by atoms with E-state index in [0.717, 1.165) is 11.3 Å². The minimum Gasteiger partial charge on any atom is -0.481 e. The van der Waals surface area contributed by atoms with Gasteiger partial charge < -0.3 is 68.5 Å². The Kier molecular flexibility index (Phi) is 23.5. The zero-order valence-corrected chi connectivity index (χ0v) is 38.6. The van der Waals surface area contributed by atoms with E-state index in [4.69, 9.17) is 5.73 Å². The van der Waals surface area contributed by atoms with Crippen molar-refractivity contribution in [2.45, 2.75) is 154 Å². The number of hydrogen-bond donors (Lipinski definition) is 12. The first-order chi connectivity index (χ1) is 31.0. The van der Waals surface area contributed by atoms with Gasteiger partial charge in [0.25, 0.3) is 0 Å². The molecule has 372 valence electrons. The molecule has 0 aliphatic carbocycles. The fourth-order valence-corrected chi connectivity index (χ4v) is 7.50. The summed E-state index contributed by atoms with van der Waals surface area (Å²) in [7, 11) is 0. The van der Waals surface area contributed by atoms with E-state index in [0.29, 0.717) is 25.8 Å². The molecule has 66 heavy (non-hydrogen) atoms. The van der Waals surface area contributed by atoms with Crippen molar-refractivity contribution in [1.82, 2.24) is 47.4 Å². The lowest BCUT2D eigenvalue weighted by Gasteiger charge is -2.30. The second kappa shape index (κ2) is 27.5. The molecule has 0 aromatic heterocycles. The summed E-state index contributed by atoms with van der Waals surface area (Å²) in [5.74, 6) is -11.0. The topological polar surface area (TPSA) is 374 Å². The molecule has 2 rings (SSSR count). The summed E-state index contributed by atoms with van der Waals surface area (Å²) in [6, 6.07) is -10.2. The maximum atomic E-state index is 13.8. The van der Waals surface area contributed by atoms with Crippen molar-refractivity contribution in [3.05, 3.63) is 0 Å². The highest BCUT2D eigenvalue weighted by Gasteiger charge is 2.40. The molecular formula is C42H70N10O14. The van der Waals surface area contributed by atoms with Crippen LogP contribution in [0.25, 0.3) is 0 Å². The Morgan fingerprint density at radius 3 is 1.83 bits per heavy atom. The third kappa shape index (κ3) is 18.5. The normalized spacial score (nSPS) is 19.0. The molecule has 0 aromatic carbocycles. The fourth-order valence-electron chi connectivity index (χ4n) is 7.50. The molecule has 13 N–H and O–H groups in total. The highest BCUT2D eigenvalue weighted by atomic mass is 16.4. The van der Waals surface area contributed by atoms with Crippen LogP contribution in [0, 0.1) is 17.8 Å². The molecule has 2 aliphatic heterocycles. The lowest BCUT2D eigenvalue weighted by atomic mass is 9.97. The molecule has 24 nitrogen and oxygen atoms in total.